The highest BCUT2D eigenvalue weighted by molar-refractivity contribution is 14.1. The number of rotatable bonds is 10. The molecule has 1 aliphatic carbocycles. The molecule has 1 aliphatic rings. The van der Waals surface area contributed by atoms with Crippen LogP contribution in [0.5, 0.6) is 5.75 Å². The van der Waals surface area contributed by atoms with Gasteiger partial charge in [0.25, 0.3) is 0 Å². The third-order valence-electron chi connectivity index (χ3n) is 7.10. The van der Waals surface area contributed by atoms with Gasteiger partial charge in [0.2, 0.25) is 0 Å². The first-order valence-electron chi connectivity index (χ1n) is 12.9. The van der Waals surface area contributed by atoms with Crippen LogP contribution in [0.3, 0.4) is 0 Å². The molecule has 11 heteroatoms. The van der Waals surface area contributed by atoms with Gasteiger partial charge < -0.3 is 20.3 Å². The van der Waals surface area contributed by atoms with E-state index in [1.807, 2.05) is 50.5 Å². The molecule has 3 aromatic rings. The zero-order valence-corrected chi connectivity index (χ0v) is 24.2. The standard InChI is InChI=1S/C29H31F4IN4O2/c1-38(2)24-13-7-12-23(24)36-27(39)37-28(17-19-8-4-3-5-9-19,25-15-14-21(34)18-35-25)20-10-6-11-22(16-20)40-29(32,33)26(30)31/h3-6,8-11,14-16,18,23-24,26H,7,12-13,17H2,1-2H3,(H2,36,37,39)/t23-,24-,28+/m1/s1. The minimum Gasteiger partial charge on any atom is -0.428 e. The molecule has 214 valence electrons. The minimum atomic E-state index is -4.68. The highest BCUT2D eigenvalue weighted by atomic mass is 127. The second kappa shape index (κ2) is 12.7. The maximum atomic E-state index is 13.8. The molecular weight excluding hydrogens is 639 g/mol. The number of ether oxygens (including phenoxy) is 1. The van der Waals surface area contributed by atoms with Crippen LogP contribution < -0.4 is 15.4 Å². The highest BCUT2D eigenvalue weighted by Crippen LogP contribution is 2.36. The third kappa shape index (κ3) is 7.03. The molecule has 1 aromatic heterocycles. The molecule has 2 N–H and O–H groups in total. The van der Waals surface area contributed by atoms with Gasteiger partial charge in [-0.15, -0.1) is 0 Å². The number of pyridine rings is 1. The summed E-state index contributed by atoms with van der Waals surface area (Å²) in [5, 5.41) is 6.20. The van der Waals surface area contributed by atoms with E-state index >= 15 is 0 Å². The molecule has 0 spiro atoms. The van der Waals surface area contributed by atoms with Crippen LogP contribution in [0.25, 0.3) is 0 Å². The van der Waals surface area contributed by atoms with E-state index in [2.05, 4.69) is 47.8 Å². The Kier molecular flexibility index (Phi) is 9.55. The maximum Gasteiger partial charge on any atom is 0.461 e. The van der Waals surface area contributed by atoms with Crippen molar-refractivity contribution in [3.63, 3.8) is 0 Å². The monoisotopic (exact) mass is 670 g/mol. The van der Waals surface area contributed by atoms with Crippen molar-refractivity contribution in [1.29, 1.82) is 0 Å². The van der Waals surface area contributed by atoms with E-state index in [1.54, 1.807) is 18.3 Å². The lowest BCUT2D eigenvalue weighted by Gasteiger charge is -2.37. The van der Waals surface area contributed by atoms with Crippen molar-refractivity contribution in [1.82, 2.24) is 20.5 Å². The molecule has 3 atom stereocenters. The van der Waals surface area contributed by atoms with Crippen LogP contribution in [-0.2, 0) is 12.0 Å². The SMILES string of the molecule is CN(C)[C@@H]1CCC[C@H]1NC(=O)N[C@@](Cc1ccccc1)(c1cccc(OC(F)(F)C(F)F)c1)c1ccc(I)cn1. The van der Waals surface area contributed by atoms with E-state index in [0.717, 1.165) is 28.4 Å². The molecule has 1 fully saturated rings. The summed E-state index contributed by atoms with van der Waals surface area (Å²) >= 11 is 2.11. The van der Waals surface area contributed by atoms with Crippen molar-refractivity contribution >= 4 is 28.6 Å². The number of nitrogens with zero attached hydrogens (tertiary/aromatic N) is 2. The molecule has 0 unspecified atom stereocenters. The van der Waals surface area contributed by atoms with Gasteiger partial charge in [-0.2, -0.15) is 17.6 Å². The average molecular weight is 670 g/mol. The van der Waals surface area contributed by atoms with Crippen molar-refractivity contribution in [3.8, 4) is 5.75 Å². The number of benzene rings is 2. The molecule has 0 saturated heterocycles. The van der Waals surface area contributed by atoms with Crippen LogP contribution >= 0.6 is 22.6 Å². The first-order valence-corrected chi connectivity index (χ1v) is 13.9. The number of aromatic nitrogens is 1. The number of halogens is 5. The Bertz CT molecular complexity index is 1280. The number of amides is 2. The topological polar surface area (TPSA) is 66.5 Å². The molecule has 0 radical (unpaired) electrons. The summed E-state index contributed by atoms with van der Waals surface area (Å²) in [5.74, 6) is -0.462. The van der Waals surface area contributed by atoms with Crippen LogP contribution in [0.15, 0.2) is 72.9 Å². The highest BCUT2D eigenvalue weighted by Gasteiger charge is 2.45. The lowest BCUT2D eigenvalue weighted by Crippen LogP contribution is -2.56. The predicted octanol–water partition coefficient (Wildman–Crippen LogP) is 6.19. The van der Waals surface area contributed by atoms with Crippen molar-refractivity contribution in [2.24, 2.45) is 0 Å². The quantitative estimate of drug-likeness (QED) is 0.200. The number of hydrogen-bond donors (Lipinski definition) is 2. The van der Waals surface area contributed by atoms with E-state index < -0.39 is 29.9 Å². The van der Waals surface area contributed by atoms with E-state index in [1.165, 1.54) is 18.2 Å². The van der Waals surface area contributed by atoms with Crippen LogP contribution in [0.2, 0.25) is 0 Å². The lowest BCUT2D eigenvalue weighted by molar-refractivity contribution is -0.253. The molecule has 0 aliphatic heterocycles. The Morgan fingerprint density at radius 2 is 1.85 bits per heavy atom. The van der Waals surface area contributed by atoms with Crippen LogP contribution in [-0.4, -0.2) is 54.6 Å². The second-order valence-corrected chi connectivity index (χ2v) is 11.3. The number of carbonyl (C=O) groups is 1. The van der Waals surface area contributed by atoms with E-state index in [0.29, 0.717) is 11.3 Å². The summed E-state index contributed by atoms with van der Waals surface area (Å²) in [6.45, 7) is 0. The molecular formula is C29H31F4IN4O2. The lowest BCUT2D eigenvalue weighted by atomic mass is 9.80. The predicted molar refractivity (Wildman–Crippen MR) is 153 cm³/mol. The van der Waals surface area contributed by atoms with E-state index in [4.69, 9.17) is 0 Å². The molecule has 4 rings (SSSR count). The third-order valence-corrected chi connectivity index (χ3v) is 7.74. The van der Waals surface area contributed by atoms with E-state index in [-0.39, 0.29) is 18.5 Å². The minimum absolute atomic E-state index is 0.0893. The molecule has 2 amide bonds. The average Bonchev–Trinajstić information content (AvgIpc) is 3.37. The van der Waals surface area contributed by atoms with Crippen LogP contribution in [0.4, 0.5) is 22.4 Å². The number of nitrogens with one attached hydrogen (secondary N) is 2. The van der Waals surface area contributed by atoms with Gasteiger partial charge in [0.05, 0.1) is 5.69 Å². The number of carbonyl (C=O) groups excluding carboxylic acids is 1. The van der Waals surface area contributed by atoms with Gasteiger partial charge in [0.15, 0.2) is 0 Å². The molecule has 1 saturated carbocycles. The molecule has 2 aromatic carbocycles. The Morgan fingerprint density at radius 3 is 2.50 bits per heavy atom. The number of likely N-dealkylation sites (N-methyl/N-ethyl adjacent to an activating group) is 1. The summed E-state index contributed by atoms with van der Waals surface area (Å²) in [4.78, 5) is 20.4. The zero-order chi connectivity index (χ0) is 28.9. The smallest absolute Gasteiger partial charge is 0.428 e. The van der Waals surface area contributed by atoms with E-state index in [9.17, 15) is 22.4 Å². The normalized spacial score (nSPS) is 18.9. The Labute approximate surface area is 244 Å². The largest absolute Gasteiger partial charge is 0.461 e. The van der Waals surface area contributed by atoms with Gasteiger partial charge in [0.1, 0.15) is 11.3 Å². The first-order chi connectivity index (χ1) is 19.0. The first kappa shape index (κ1) is 30.0. The van der Waals surface area contributed by atoms with Crippen LogP contribution in [0, 0.1) is 3.57 Å². The fourth-order valence-electron chi connectivity index (χ4n) is 5.20. The fourth-order valence-corrected chi connectivity index (χ4v) is 5.52. The zero-order valence-electron chi connectivity index (χ0n) is 22.1. The van der Waals surface area contributed by atoms with Crippen LogP contribution in [0.1, 0.15) is 36.1 Å². The van der Waals surface area contributed by atoms with Crippen molar-refractivity contribution < 1.29 is 27.1 Å². The molecule has 0 bridgehead atoms. The van der Waals surface area contributed by atoms with Gasteiger partial charge in [-0.25, -0.2) is 4.79 Å². The maximum absolute atomic E-state index is 13.8. The Hall–Kier alpha value is -2.93. The molecule has 40 heavy (non-hydrogen) atoms. The number of alkyl halides is 4. The Balaban J connectivity index is 1.80. The summed E-state index contributed by atoms with van der Waals surface area (Å²) in [7, 11) is 3.94. The summed E-state index contributed by atoms with van der Waals surface area (Å²) in [6, 6.07) is 18.0. The summed E-state index contributed by atoms with van der Waals surface area (Å²) < 4.78 is 58.8. The second-order valence-electron chi connectivity index (χ2n) is 10.1. The number of hydrogen-bond acceptors (Lipinski definition) is 4. The molecule has 1 heterocycles. The van der Waals surface area contributed by atoms with Gasteiger partial charge in [-0.05, 0) is 91.3 Å². The summed E-state index contributed by atoms with van der Waals surface area (Å²) in [6.07, 6.45) is -4.12. The Morgan fingerprint density at radius 1 is 1.10 bits per heavy atom. The van der Waals surface area contributed by atoms with Crippen molar-refractivity contribution in [2.45, 2.75) is 55.8 Å². The van der Waals surface area contributed by atoms with Gasteiger partial charge >= 0.3 is 18.6 Å². The van der Waals surface area contributed by atoms with Gasteiger partial charge in [0, 0.05) is 28.3 Å². The van der Waals surface area contributed by atoms with Gasteiger partial charge in [-0.3, -0.25) is 4.98 Å². The molecule has 6 nitrogen and oxygen atoms in total. The number of urea groups is 1. The van der Waals surface area contributed by atoms with Gasteiger partial charge in [-0.1, -0.05) is 42.5 Å². The van der Waals surface area contributed by atoms with Crippen molar-refractivity contribution in [3.05, 3.63) is 93.3 Å². The fraction of sp³-hybridized carbons (Fsp3) is 0.379. The van der Waals surface area contributed by atoms with Crippen molar-refractivity contribution in [2.75, 3.05) is 14.1 Å². The summed E-state index contributed by atoms with van der Waals surface area (Å²) in [5.41, 5.74) is 0.264.